The molecule has 3 aromatic carbocycles. The Morgan fingerprint density at radius 3 is 2.60 bits per heavy atom. The van der Waals surface area contributed by atoms with Crippen LogP contribution < -0.4 is 10.2 Å². The van der Waals surface area contributed by atoms with Gasteiger partial charge < -0.3 is 10.2 Å². The van der Waals surface area contributed by atoms with Crippen molar-refractivity contribution in [3.63, 3.8) is 0 Å². The van der Waals surface area contributed by atoms with Gasteiger partial charge in [0.15, 0.2) is 0 Å². The topological polar surface area (TPSA) is 32.3 Å². The van der Waals surface area contributed by atoms with Crippen molar-refractivity contribution in [3.05, 3.63) is 95.6 Å². The van der Waals surface area contributed by atoms with Crippen LogP contribution in [0.15, 0.2) is 83.8 Å². The maximum atomic E-state index is 12.8. The van der Waals surface area contributed by atoms with E-state index in [-0.39, 0.29) is 5.91 Å². The maximum absolute atomic E-state index is 12.8. The Balaban J connectivity index is 1.29. The smallest absolute Gasteiger partial charge is 0.252 e. The SMILES string of the molecule is O=C(NCCCN1CCCc2ccccc21)c1ccccc1SCc1ccccc1. The lowest BCUT2D eigenvalue weighted by Crippen LogP contribution is -2.33. The predicted molar refractivity (Wildman–Crippen MR) is 126 cm³/mol. The van der Waals surface area contributed by atoms with E-state index in [9.17, 15) is 4.79 Å². The maximum Gasteiger partial charge on any atom is 0.252 e. The first-order chi connectivity index (χ1) is 14.8. The van der Waals surface area contributed by atoms with E-state index in [4.69, 9.17) is 0 Å². The number of carbonyl (C=O) groups is 1. The number of hydrogen-bond acceptors (Lipinski definition) is 3. The number of rotatable bonds is 8. The van der Waals surface area contributed by atoms with Crippen molar-refractivity contribution >= 4 is 23.4 Å². The second-order valence-corrected chi connectivity index (χ2v) is 8.62. The summed E-state index contributed by atoms with van der Waals surface area (Å²) in [6.45, 7) is 2.76. The first-order valence-electron chi connectivity index (χ1n) is 10.7. The van der Waals surface area contributed by atoms with Crippen LogP contribution in [0, 0.1) is 0 Å². The summed E-state index contributed by atoms with van der Waals surface area (Å²) < 4.78 is 0. The van der Waals surface area contributed by atoms with E-state index in [0.29, 0.717) is 6.54 Å². The summed E-state index contributed by atoms with van der Waals surface area (Å²) in [5.74, 6) is 0.879. The van der Waals surface area contributed by atoms with Gasteiger partial charge in [-0.1, -0.05) is 60.7 Å². The van der Waals surface area contributed by atoms with E-state index in [1.54, 1.807) is 11.8 Å². The van der Waals surface area contributed by atoms with E-state index in [2.05, 4.69) is 58.7 Å². The Kier molecular flexibility index (Phi) is 7.09. The number of amides is 1. The minimum absolute atomic E-state index is 0.0187. The van der Waals surface area contributed by atoms with Crippen LogP contribution in [0.25, 0.3) is 0 Å². The average molecular weight is 417 g/mol. The lowest BCUT2D eigenvalue weighted by Gasteiger charge is -2.31. The molecule has 3 aromatic rings. The van der Waals surface area contributed by atoms with Gasteiger partial charge in [0.2, 0.25) is 0 Å². The molecule has 3 nitrogen and oxygen atoms in total. The highest BCUT2D eigenvalue weighted by atomic mass is 32.2. The summed E-state index contributed by atoms with van der Waals surface area (Å²) in [4.78, 5) is 16.3. The van der Waals surface area contributed by atoms with Gasteiger partial charge in [-0.15, -0.1) is 11.8 Å². The fourth-order valence-corrected chi connectivity index (χ4v) is 4.93. The molecule has 0 fully saturated rings. The number of hydrogen-bond donors (Lipinski definition) is 1. The van der Waals surface area contributed by atoms with Crippen molar-refractivity contribution in [1.29, 1.82) is 0 Å². The van der Waals surface area contributed by atoms with Gasteiger partial charge in [0.25, 0.3) is 5.91 Å². The van der Waals surface area contributed by atoms with Crippen molar-refractivity contribution < 1.29 is 4.79 Å². The summed E-state index contributed by atoms with van der Waals surface area (Å²) in [5.41, 5.74) is 4.83. The van der Waals surface area contributed by atoms with Gasteiger partial charge in [-0.2, -0.15) is 0 Å². The predicted octanol–water partition coefficient (Wildman–Crippen LogP) is 5.55. The second-order valence-electron chi connectivity index (χ2n) is 7.60. The second kappa shape index (κ2) is 10.4. The van der Waals surface area contributed by atoms with Gasteiger partial charge in [-0.05, 0) is 48.6 Å². The molecular formula is C26H28N2OS. The summed E-state index contributed by atoms with van der Waals surface area (Å²) in [5, 5.41) is 3.12. The highest BCUT2D eigenvalue weighted by Gasteiger charge is 2.16. The first-order valence-corrected chi connectivity index (χ1v) is 11.7. The van der Waals surface area contributed by atoms with E-state index in [1.807, 2.05) is 30.3 Å². The van der Waals surface area contributed by atoms with Crippen LogP contribution in [0.1, 0.15) is 34.3 Å². The molecule has 0 aliphatic carbocycles. The average Bonchev–Trinajstić information content (AvgIpc) is 2.81. The third-order valence-electron chi connectivity index (χ3n) is 5.47. The Labute approximate surface area is 183 Å². The molecule has 4 heteroatoms. The molecule has 0 unspecified atom stereocenters. The number of anilines is 1. The molecule has 0 aromatic heterocycles. The summed E-state index contributed by atoms with van der Waals surface area (Å²) in [6, 6.07) is 26.9. The number of nitrogens with zero attached hydrogens (tertiary/aromatic N) is 1. The molecule has 30 heavy (non-hydrogen) atoms. The third kappa shape index (κ3) is 5.25. The van der Waals surface area contributed by atoms with Gasteiger partial charge in [-0.3, -0.25) is 4.79 Å². The van der Waals surface area contributed by atoms with Crippen LogP contribution in [-0.4, -0.2) is 25.5 Å². The van der Waals surface area contributed by atoms with Crippen molar-refractivity contribution in [2.24, 2.45) is 0 Å². The van der Waals surface area contributed by atoms with Crippen molar-refractivity contribution in [1.82, 2.24) is 5.32 Å². The Hall–Kier alpha value is -2.72. The Bertz CT molecular complexity index is 974. The number of para-hydroxylation sites is 1. The number of carbonyl (C=O) groups excluding carboxylic acids is 1. The zero-order chi connectivity index (χ0) is 20.6. The van der Waals surface area contributed by atoms with E-state index in [1.165, 1.54) is 29.7 Å². The molecule has 0 spiro atoms. The molecule has 1 aliphatic rings. The number of fused-ring (bicyclic) bond motifs is 1. The molecule has 0 bridgehead atoms. The van der Waals surface area contributed by atoms with Crippen LogP contribution in [0.2, 0.25) is 0 Å². The summed E-state index contributed by atoms with van der Waals surface area (Å²) in [7, 11) is 0. The molecule has 1 heterocycles. The van der Waals surface area contributed by atoms with Crippen LogP contribution in [0.3, 0.4) is 0 Å². The van der Waals surface area contributed by atoms with Crippen LogP contribution in [0.5, 0.6) is 0 Å². The molecule has 0 saturated heterocycles. The van der Waals surface area contributed by atoms with Crippen molar-refractivity contribution in [3.8, 4) is 0 Å². The molecule has 4 rings (SSSR count). The quantitative estimate of drug-likeness (QED) is 0.386. The van der Waals surface area contributed by atoms with E-state index < -0.39 is 0 Å². The van der Waals surface area contributed by atoms with Gasteiger partial charge in [0.1, 0.15) is 0 Å². The standard InChI is InChI=1S/C26H28N2OS/c29-26(23-14-5-7-16-25(23)30-20-21-10-2-1-3-11-21)27-17-9-19-28-18-8-13-22-12-4-6-15-24(22)28/h1-7,10-12,14-16H,8-9,13,17-20H2,(H,27,29). The lowest BCUT2D eigenvalue weighted by atomic mass is 10.0. The summed E-state index contributed by atoms with van der Waals surface area (Å²) >= 11 is 1.71. The number of aryl methyl sites for hydroxylation is 1. The normalized spacial score (nSPS) is 13.0. The van der Waals surface area contributed by atoms with E-state index in [0.717, 1.165) is 35.7 Å². The fourth-order valence-electron chi connectivity index (χ4n) is 3.93. The molecule has 0 radical (unpaired) electrons. The molecule has 154 valence electrons. The van der Waals surface area contributed by atoms with Crippen LogP contribution in [0.4, 0.5) is 5.69 Å². The van der Waals surface area contributed by atoms with Crippen LogP contribution >= 0.6 is 11.8 Å². The number of benzene rings is 3. The summed E-state index contributed by atoms with van der Waals surface area (Å²) in [6.07, 6.45) is 3.32. The highest BCUT2D eigenvalue weighted by Crippen LogP contribution is 2.27. The van der Waals surface area contributed by atoms with Crippen molar-refractivity contribution in [2.75, 3.05) is 24.5 Å². The monoisotopic (exact) mass is 416 g/mol. The van der Waals surface area contributed by atoms with Crippen LogP contribution in [-0.2, 0) is 12.2 Å². The minimum atomic E-state index is 0.0187. The molecular weight excluding hydrogens is 388 g/mol. The molecule has 1 aliphatic heterocycles. The molecule has 0 saturated carbocycles. The Morgan fingerprint density at radius 1 is 0.933 bits per heavy atom. The zero-order valence-electron chi connectivity index (χ0n) is 17.2. The highest BCUT2D eigenvalue weighted by molar-refractivity contribution is 7.98. The van der Waals surface area contributed by atoms with Crippen molar-refractivity contribution in [2.45, 2.75) is 29.9 Å². The number of nitrogens with one attached hydrogen (secondary N) is 1. The molecule has 0 atom stereocenters. The fraction of sp³-hybridized carbons (Fsp3) is 0.269. The van der Waals surface area contributed by atoms with Gasteiger partial charge in [0.05, 0.1) is 5.56 Å². The largest absolute Gasteiger partial charge is 0.371 e. The third-order valence-corrected chi connectivity index (χ3v) is 6.61. The van der Waals surface area contributed by atoms with E-state index >= 15 is 0 Å². The lowest BCUT2D eigenvalue weighted by molar-refractivity contribution is 0.0950. The number of thioether (sulfide) groups is 1. The van der Waals surface area contributed by atoms with Gasteiger partial charge in [-0.25, -0.2) is 0 Å². The molecule has 1 amide bonds. The van der Waals surface area contributed by atoms with Gasteiger partial charge >= 0.3 is 0 Å². The van der Waals surface area contributed by atoms with Gasteiger partial charge in [0, 0.05) is 36.0 Å². The first kappa shape index (κ1) is 20.5. The molecule has 1 N–H and O–H groups in total. The minimum Gasteiger partial charge on any atom is -0.371 e. The zero-order valence-corrected chi connectivity index (χ0v) is 18.0. The Morgan fingerprint density at radius 2 is 1.70 bits per heavy atom.